The third-order valence-electron chi connectivity index (χ3n) is 3.78. The Labute approximate surface area is 120 Å². The molecule has 2 aromatic heterocycles. The number of phenols is 1. The molecule has 3 aromatic rings. The van der Waals surface area contributed by atoms with Gasteiger partial charge in [-0.1, -0.05) is 0 Å². The van der Waals surface area contributed by atoms with Crippen molar-refractivity contribution in [3.63, 3.8) is 0 Å². The van der Waals surface area contributed by atoms with Gasteiger partial charge in [0.15, 0.2) is 11.3 Å². The standard InChI is InChI=1S/C15H14N4O2/c20-11-5-3-10(4-6-11)12-7-16-14-13(17-12)18-15(21)19(14)8-9-1-2-9/h3-7,9,20H,1-2,8H2,(H,17,18,21). The van der Waals surface area contributed by atoms with Crippen LogP contribution in [-0.2, 0) is 6.54 Å². The molecule has 0 spiro atoms. The van der Waals surface area contributed by atoms with Crippen LogP contribution >= 0.6 is 0 Å². The monoisotopic (exact) mass is 282 g/mol. The zero-order valence-corrected chi connectivity index (χ0v) is 11.3. The zero-order valence-electron chi connectivity index (χ0n) is 11.3. The van der Waals surface area contributed by atoms with Gasteiger partial charge >= 0.3 is 5.69 Å². The van der Waals surface area contributed by atoms with Crippen LogP contribution in [0.4, 0.5) is 0 Å². The highest BCUT2D eigenvalue weighted by molar-refractivity contribution is 5.70. The van der Waals surface area contributed by atoms with E-state index in [9.17, 15) is 9.90 Å². The Morgan fingerprint density at radius 1 is 1.29 bits per heavy atom. The molecule has 0 atom stereocenters. The number of hydrogen-bond acceptors (Lipinski definition) is 4. The smallest absolute Gasteiger partial charge is 0.328 e. The van der Waals surface area contributed by atoms with E-state index in [1.165, 1.54) is 12.8 Å². The van der Waals surface area contributed by atoms with Crippen molar-refractivity contribution in [1.82, 2.24) is 19.5 Å². The maximum atomic E-state index is 12.0. The summed E-state index contributed by atoms with van der Waals surface area (Å²) in [7, 11) is 0. The normalized spacial score (nSPS) is 14.7. The Morgan fingerprint density at radius 3 is 2.76 bits per heavy atom. The zero-order chi connectivity index (χ0) is 14.4. The molecule has 0 saturated heterocycles. The fourth-order valence-corrected chi connectivity index (χ4v) is 2.43. The largest absolute Gasteiger partial charge is 0.508 e. The first kappa shape index (κ1) is 12.1. The van der Waals surface area contributed by atoms with E-state index in [2.05, 4.69) is 15.0 Å². The lowest BCUT2D eigenvalue weighted by Gasteiger charge is -2.02. The van der Waals surface area contributed by atoms with E-state index < -0.39 is 0 Å². The topological polar surface area (TPSA) is 83.8 Å². The summed E-state index contributed by atoms with van der Waals surface area (Å²) in [5, 5.41) is 9.32. The van der Waals surface area contributed by atoms with Gasteiger partial charge in [0.05, 0.1) is 11.9 Å². The van der Waals surface area contributed by atoms with Crippen LogP contribution in [0.1, 0.15) is 12.8 Å². The van der Waals surface area contributed by atoms with Crippen molar-refractivity contribution in [3.8, 4) is 17.0 Å². The van der Waals surface area contributed by atoms with Gasteiger partial charge in [0.25, 0.3) is 0 Å². The maximum Gasteiger partial charge on any atom is 0.328 e. The van der Waals surface area contributed by atoms with E-state index in [0.29, 0.717) is 29.5 Å². The van der Waals surface area contributed by atoms with Crippen LogP contribution in [0.15, 0.2) is 35.3 Å². The van der Waals surface area contributed by atoms with Crippen LogP contribution in [0.25, 0.3) is 22.6 Å². The van der Waals surface area contributed by atoms with Crippen LogP contribution in [0.3, 0.4) is 0 Å². The molecule has 0 radical (unpaired) electrons. The number of nitrogens with zero attached hydrogens (tertiary/aromatic N) is 3. The van der Waals surface area contributed by atoms with E-state index >= 15 is 0 Å². The number of aromatic nitrogens is 4. The summed E-state index contributed by atoms with van der Waals surface area (Å²) >= 11 is 0. The minimum Gasteiger partial charge on any atom is -0.508 e. The Hall–Kier alpha value is -2.63. The lowest BCUT2D eigenvalue weighted by Crippen LogP contribution is -2.17. The lowest BCUT2D eigenvalue weighted by molar-refractivity contribution is 0.475. The van der Waals surface area contributed by atoms with Gasteiger partial charge < -0.3 is 5.11 Å². The summed E-state index contributed by atoms with van der Waals surface area (Å²) in [5.74, 6) is 0.803. The van der Waals surface area contributed by atoms with Crippen LogP contribution in [0, 0.1) is 5.92 Å². The van der Waals surface area contributed by atoms with Crippen molar-refractivity contribution >= 4 is 11.3 Å². The average molecular weight is 282 g/mol. The number of aromatic hydroxyl groups is 1. The third kappa shape index (κ3) is 2.18. The second kappa shape index (κ2) is 4.44. The van der Waals surface area contributed by atoms with Gasteiger partial charge in [-0.15, -0.1) is 0 Å². The summed E-state index contributed by atoms with van der Waals surface area (Å²) in [6.07, 6.45) is 4.02. The number of aromatic amines is 1. The predicted molar refractivity (Wildman–Crippen MR) is 78.0 cm³/mol. The van der Waals surface area contributed by atoms with Crippen LogP contribution in [0.2, 0.25) is 0 Å². The molecule has 2 heterocycles. The molecule has 6 heteroatoms. The predicted octanol–water partition coefficient (Wildman–Crippen LogP) is 1.90. The molecule has 21 heavy (non-hydrogen) atoms. The molecule has 0 bridgehead atoms. The molecule has 0 amide bonds. The van der Waals surface area contributed by atoms with Crippen molar-refractivity contribution in [2.45, 2.75) is 19.4 Å². The Kier molecular flexibility index (Phi) is 2.57. The van der Waals surface area contributed by atoms with Gasteiger partial charge in [0.2, 0.25) is 0 Å². The molecule has 1 aromatic carbocycles. The molecule has 0 aliphatic heterocycles. The summed E-state index contributed by atoms with van der Waals surface area (Å²) in [6, 6.07) is 6.74. The third-order valence-corrected chi connectivity index (χ3v) is 3.78. The number of nitrogens with one attached hydrogen (secondary N) is 1. The number of rotatable bonds is 3. The number of fused-ring (bicyclic) bond motifs is 1. The number of phenolic OH excluding ortho intramolecular Hbond substituents is 1. The Morgan fingerprint density at radius 2 is 2.05 bits per heavy atom. The SMILES string of the molecule is O=c1[nH]c2nc(-c3ccc(O)cc3)cnc2n1CC1CC1. The van der Waals surface area contributed by atoms with Gasteiger partial charge in [0.1, 0.15) is 5.75 Å². The molecule has 0 unspecified atom stereocenters. The molecule has 106 valence electrons. The van der Waals surface area contributed by atoms with Crippen molar-refractivity contribution in [3.05, 3.63) is 40.9 Å². The van der Waals surface area contributed by atoms with Gasteiger partial charge in [-0.3, -0.25) is 9.55 Å². The van der Waals surface area contributed by atoms with E-state index in [0.717, 1.165) is 5.56 Å². The Balaban J connectivity index is 1.79. The highest BCUT2D eigenvalue weighted by Crippen LogP contribution is 2.30. The van der Waals surface area contributed by atoms with Crippen molar-refractivity contribution in [2.24, 2.45) is 5.92 Å². The highest BCUT2D eigenvalue weighted by atomic mass is 16.3. The number of benzene rings is 1. The van der Waals surface area contributed by atoms with Crippen LogP contribution in [-0.4, -0.2) is 24.6 Å². The van der Waals surface area contributed by atoms with E-state index in [-0.39, 0.29) is 11.4 Å². The quantitative estimate of drug-likeness (QED) is 0.768. The van der Waals surface area contributed by atoms with E-state index in [1.807, 2.05) is 0 Å². The summed E-state index contributed by atoms with van der Waals surface area (Å²) in [5.41, 5.74) is 2.47. The molecule has 2 N–H and O–H groups in total. The summed E-state index contributed by atoms with van der Waals surface area (Å²) in [6.45, 7) is 0.714. The molecule has 1 fully saturated rings. The number of imidazole rings is 1. The number of hydrogen-bond donors (Lipinski definition) is 2. The molecule has 1 aliphatic carbocycles. The van der Waals surface area contributed by atoms with Gasteiger partial charge in [-0.05, 0) is 43.0 Å². The average Bonchev–Trinajstić information content (AvgIpc) is 3.24. The molecular weight excluding hydrogens is 268 g/mol. The first-order valence-electron chi connectivity index (χ1n) is 6.95. The first-order valence-corrected chi connectivity index (χ1v) is 6.95. The molecule has 6 nitrogen and oxygen atoms in total. The minimum atomic E-state index is -0.153. The fourth-order valence-electron chi connectivity index (χ4n) is 2.43. The molecule has 4 rings (SSSR count). The first-order chi connectivity index (χ1) is 10.2. The molecule has 1 aliphatic rings. The second-order valence-electron chi connectivity index (χ2n) is 5.46. The van der Waals surface area contributed by atoms with E-state index in [4.69, 9.17) is 0 Å². The molecule has 1 saturated carbocycles. The van der Waals surface area contributed by atoms with Crippen LogP contribution < -0.4 is 5.69 Å². The minimum absolute atomic E-state index is 0.153. The Bertz CT molecular complexity index is 860. The number of H-pyrrole nitrogens is 1. The van der Waals surface area contributed by atoms with Gasteiger partial charge in [-0.25, -0.2) is 14.8 Å². The van der Waals surface area contributed by atoms with Crippen LogP contribution in [0.5, 0.6) is 5.75 Å². The van der Waals surface area contributed by atoms with Crippen molar-refractivity contribution in [1.29, 1.82) is 0 Å². The maximum absolute atomic E-state index is 12.0. The fraction of sp³-hybridized carbons (Fsp3) is 0.267. The highest BCUT2D eigenvalue weighted by Gasteiger charge is 2.24. The van der Waals surface area contributed by atoms with Gasteiger partial charge in [0, 0.05) is 12.1 Å². The summed E-state index contributed by atoms with van der Waals surface area (Å²) in [4.78, 5) is 23.6. The van der Waals surface area contributed by atoms with Crippen molar-refractivity contribution < 1.29 is 5.11 Å². The van der Waals surface area contributed by atoms with Gasteiger partial charge in [-0.2, -0.15) is 0 Å². The van der Waals surface area contributed by atoms with Crippen molar-refractivity contribution in [2.75, 3.05) is 0 Å². The second-order valence-corrected chi connectivity index (χ2v) is 5.46. The molecular formula is C15H14N4O2. The summed E-state index contributed by atoms with van der Waals surface area (Å²) < 4.78 is 1.67. The van der Waals surface area contributed by atoms with E-state index in [1.54, 1.807) is 35.0 Å². The lowest BCUT2D eigenvalue weighted by atomic mass is 10.1.